The van der Waals surface area contributed by atoms with Gasteiger partial charge in [0.25, 0.3) is 5.91 Å². The van der Waals surface area contributed by atoms with E-state index >= 15 is 0 Å². The fraction of sp³-hybridized carbons (Fsp3) is 0.304. The summed E-state index contributed by atoms with van der Waals surface area (Å²) in [6, 6.07) is 12.3. The molecule has 1 aliphatic carbocycles. The molecule has 1 amide bonds. The minimum atomic E-state index is -0.157. The predicted molar refractivity (Wildman–Crippen MR) is 112 cm³/mol. The van der Waals surface area contributed by atoms with Crippen molar-refractivity contribution in [3.05, 3.63) is 59.9 Å². The van der Waals surface area contributed by atoms with Crippen LogP contribution in [0.15, 0.2) is 48.8 Å². The van der Waals surface area contributed by atoms with Crippen LogP contribution in [-0.4, -0.2) is 32.3 Å². The number of hydrogen-bond acceptors (Lipinski definition) is 5. The second-order valence-corrected chi connectivity index (χ2v) is 8.32. The highest BCUT2D eigenvalue weighted by Gasteiger charge is 2.44. The van der Waals surface area contributed by atoms with E-state index in [1.54, 1.807) is 42.6 Å². The molecule has 1 unspecified atom stereocenters. The molecule has 152 valence electrons. The van der Waals surface area contributed by atoms with Gasteiger partial charge >= 0.3 is 0 Å². The molecule has 1 saturated carbocycles. The summed E-state index contributed by atoms with van der Waals surface area (Å²) in [5.74, 6) is 0.877. The number of nitrogens with zero attached hydrogens (tertiary/aromatic N) is 4. The zero-order valence-electron chi connectivity index (χ0n) is 17.0. The number of hydrogen-bond donors (Lipinski definition) is 2. The van der Waals surface area contributed by atoms with Crippen molar-refractivity contribution >= 4 is 5.91 Å². The van der Waals surface area contributed by atoms with Crippen LogP contribution < -0.4 is 5.32 Å². The maximum Gasteiger partial charge on any atom is 0.252 e. The third-order valence-electron chi connectivity index (χ3n) is 5.79. The second-order valence-electron chi connectivity index (χ2n) is 8.32. The lowest BCUT2D eigenvalue weighted by Crippen LogP contribution is -2.25. The highest BCUT2D eigenvalue weighted by atomic mass is 16.3. The van der Waals surface area contributed by atoms with Crippen LogP contribution in [0.3, 0.4) is 0 Å². The van der Waals surface area contributed by atoms with Gasteiger partial charge in [-0.15, -0.1) is 0 Å². The summed E-state index contributed by atoms with van der Waals surface area (Å²) in [5, 5.41) is 26.6. The fourth-order valence-electron chi connectivity index (χ4n) is 3.61. The molecule has 1 atom stereocenters. The standard InChI is InChI=1S/C23H23N5O2/c1-23(2)11-18(23)9-10-25-21(29)17-7-8-20(26-13-17)28-22(30)19(14-27-28)16-5-3-15(12-24)4-6-16/h3-8,13-14,18,30H,9-11H2,1-2H3,(H,25,29). The molecule has 1 fully saturated rings. The molecule has 0 spiro atoms. The summed E-state index contributed by atoms with van der Waals surface area (Å²) in [4.78, 5) is 16.6. The first kappa shape index (κ1) is 19.6. The average molecular weight is 401 g/mol. The van der Waals surface area contributed by atoms with Crippen molar-refractivity contribution in [3.63, 3.8) is 0 Å². The van der Waals surface area contributed by atoms with Crippen molar-refractivity contribution in [2.75, 3.05) is 6.54 Å². The van der Waals surface area contributed by atoms with Gasteiger partial charge < -0.3 is 10.4 Å². The fourth-order valence-corrected chi connectivity index (χ4v) is 3.61. The number of aromatic hydroxyl groups is 1. The van der Waals surface area contributed by atoms with Crippen molar-refractivity contribution in [2.45, 2.75) is 26.7 Å². The van der Waals surface area contributed by atoms with E-state index in [0.29, 0.717) is 40.4 Å². The first-order valence-electron chi connectivity index (χ1n) is 9.91. The van der Waals surface area contributed by atoms with E-state index in [-0.39, 0.29) is 11.8 Å². The lowest BCUT2D eigenvalue weighted by molar-refractivity contribution is 0.0952. The third-order valence-corrected chi connectivity index (χ3v) is 5.79. The van der Waals surface area contributed by atoms with Gasteiger partial charge in [-0.05, 0) is 54.0 Å². The molecule has 30 heavy (non-hydrogen) atoms. The van der Waals surface area contributed by atoms with Crippen LogP contribution in [0.5, 0.6) is 5.88 Å². The van der Waals surface area contributed by atoms with E-state index in [1.807, 2.05) is 0 Å². The van der Waals surface area contributed by atoms with Gasteiger partial charge in [0.15, 0.2) is 5.82 Å². The second kappa shape index (κ2) is 7.64. The van der Waals surface area contributed by atoms with Crippen LogP contribution in [0.25, 0.3) is 16.9 Å². The maximum absolute atomic E-state index is 12.3. The summed E-state index contributed by atoms with van der Waals surface area (Å²) in [7, 11) is 0. The molecule has 1 aliphatic rings. The van der Waals surface area contributed by atoms with Crippen LogP contribution in [0, 0.1) is 22.7 Å². The smallest absolute Gasteiger partial charge is 0.252 e. The van der Waals surface area contributed by atoms with Crippen LogP contribution >= 0.6 is 0 Å². The van der Waals surface area contributed by atoms with Crippen molar-refractivity contribution < 1.29 is 9.90 Å². The minimum absolute atomic E-state index is 0.0588. The van der Waals surface area contributed by atoms with Crippen molar-refractivity contribution in [1.29, 1.82) is 5.26 Å². The van der Waals surface area contributed by atoms with E-state index in [0.717, 1.165) is 12.0 Å². The Balaban J connectivity index is 1.43. The van der Waals surface area contributed by atoms with Gasteiger partial charge in [-0.25, -0.2) is 4.98 Å². The van der Waals surface area contributed by atoms with E-state index in [1.165, 1.54) is 17.3 Å². The van der Waals surface area contributed by atoms with E-state index < -0.39 is 0 Å². The topological polar surface area (TPSA) is 104 Å². The Kier molecular flexibility index (Phi) is 5.00. The molecule has 0 saturated heterocycles. The molecule has 3 aromatic rings. The Morgan fingerprint density at radius 2 is 2.00 bits per heavy atom. The first-order chi connectivity index (χ1) is 14.4. The number of pyridine rings is 1. The number of carbonyl (C=O) groups is 1. The summed E-state index contributed by atoms with van der Waals surface area (Å²) in [5.41, 5.74) is 2.70. The summed E-state index contributed by atoms with van der Waals surface area (Å²) in [6.45, 7) is 5.15. The molecule has 2 aromatic heterocycles. The largest absolute Gasteiger partial charge is 0.493 e. The SMILES string of the molecule is CC1(C)CC1CCNC(=O)c1ccc(-n2ncc(-c3ccc(C#N)cc3)c2O)nc1. The summed E-state index contributed by atoms with van der Waals surface area (Å²) >= 11 is 0. The van der Waals surface area contributed by atoms with Gasteiger partial charge in [0.2, 0.25) is 5.88 Å². The molecule has 0 radical (unpaired) electrons. The maximum atomic E-state index is 12.3. The van der Waals surface area contributed by atoms with Gasteiger partial charge in [0.1, 0.15) is 0 Å². The lowest BCUT2D eigenvalue weighted by Gasteiger charge is -2.07. The van der Waals surface area contributed by atoms with Gasteiger partial charge in [-0.1, -0.05) is 26.0 Å². The molecule has 4 rings (SSSR count). The predicted octanol–water partition coefficient (Wildman–Crippen LogP) is 3.68. The van der Waals surface area contributed by atoms with Gasteiger partial charge in [0, 0.05) is 12.7 Å². The Bertz CT molecular complexity index is 1110. The van der Waals surface area contributed by atoms with Crippen LogP contribution in [0.2, 0.25) is 0 Å². The number of carbonyl (C=O) groups excluding carboxylic acids is 1. The molecule has 0 aliphatic heterocycles. The van der Waals surface area contributed by atoms with Gasteiger partial charge in [-0.3, -0.25) is 4.79 Å². The molecule has 7 heteroatoms. The number of nitriles is 1. The molecular weight excluding hydrogens is 378 g/mol. The third kappa shape index (κ3) is 3.90. The summed E-state index contributed by atoms with van der Waals surface area (Å²) in [6.07, 6.45) is 5.23. The first-order valence-corrected chi connectivity index (χ1v) is 9.91. The van der Waals surface area contributed by atoms with Crippen molar-refractivity contribution in [2.24, 2.45) is 11.3 Å². The Hall–Kier alpha value is -3.66. The number of rotatable bonds is 6. The number of nitrogens with one attached hydrogen (secondary N) is 1. The normalized spacial score (nSPS) is 16.6. The average Bonchev–Trinajstić information content (AvgIpc) is 3.18. The van der Waals surface area contributed by atoms with Gasteiger partial charge in [-0.2, -0.15) is 15.0 Å². The van der Waals surface area contributed by atoms with E-state index in [4.69, 9.17) is 5.26 Å². The molecule has 2 N–H and O–H groups in total. The van der Waals surface area contributed by atoms with Crippen LogP contribution in [0.1, 0.15) is 42.6 Å². The monoisotopic (exact) mass is 401 g/mol. The Morgan fingerprint density at radius 1 is 1.27 bits per heavy atom. The van der Waals surface area contributed by atoms with E-state index in [9.17, 15) is 9.90 Å². The Morgan fingerprint density at radius 3 is 2.60 bits per heavy atom. The molecule has 2 heterocycles. The lowest BCUT2D eigenvalue weighted by atomic mass is 10.1. The number of benzene rings is 1. The van der Waals surface area contributed by atoms with Crippen LogP contribution in [-0.2, 0) is 0 Å². The Labute approximate surface area is 175 Å². The van der Waals surface area contributed by atoms with E-state index in [2.05, 4.69) is 35.3 Å². The zero-order valence-corrected chi connectivity index (χ0v) is 17.0. The quantitative estimate of drug-likeness (QED) is 0.656. The minimum Gasteiger partial charge on any atom is -0.493 e. The molecule has 1 aromatic carbocycles. The molecular formula is C23H23N5O2. The highest BCUT2D eigenvalue weighted by molar-refractivity contribution is 5.93. The molecule has 7 nitrogen and oxygen atoms in total. The van der Waals surface area contributed by atoms with Crippen LogP contribution in [0.4, 0.5) is 0 Å². The molecule has 0 bridgehead atoms. The van der Waals surface area contributed by atoms with Crippen molar-refractivity contribution in [3.8, 4) is 28.9 Å². The highest BCUT2D eigenvalue weighted by Crippen LogP contribution is 2.53. The van der Waals surface area contributed by atoms with Gasteiger partial charge in [0.05, 0.1) is 29.0 Å². The van der Waals surface area contributed by atoms with Crippen molar-refractivity contribution in [1.82, 2.24) is 20.1 Å². The number of amides is 1. The zero-order chi connectivity index (χ0) is 21.3. The number of aromatic nitrogens is 3. The summed E-state index contributed by atoms with van der Waals surface area (Å²) < 4.78 is 1.31.